The molecule has 0 aromatic rings. The van der Waals surface area contributed by atoms with Crippen molar-refractivity contribution in [3.63, 3.8) is 0 Å². The number of hydrogen-bond donors (Lipinski definition) is 2. The van der Waals surface area contributed by atoms with Gasteiger partial charge in [0.05, 0.1) is 5.41 Å². The third kappa shape index (κ3) is 2.27. The second-order valence-corrected chi connectivity index (χ2v) is 5.53. The summed E-state index contributed by atoms with van der Waals surface area (Å²) in [7, 11) is 0. The highest BCUT2D eigenvalue weighted by Crippen LogP contribution is 2.37. The van der Waals surface area contributed by atoms with Crippen LogP contribution in [0.3, 0.4) is 0 Å². The molecule has 3 nitrogen and oxygen atoms in total. The van der Waals surface area contributed by atoms with E-state index in [1.807, 2.05) is 13.8 Å². The van der Waals surface area contributed by atoms with Crippen molar-refractivity contribution in [3.8, 4) is 0 Å². The van der Waals surface area contributed by atoms with Crippen LogP contribution in [0.15, 0.2) is 0 Å². The highest BCUT2D eigenvalue weighted by molar-refractivity contribution is 5.74. The Balaban J connectivity index is 2.74. The summed E-state index contributed by atoms with van der Waals surface area (Å²) in [4.78, 5) is 11.1. The molecule has 82 valence electrons. The predicted molar refractivity (Wildman–Crippen MR) is 56.2 cm³/mol. The average Bonchev–Trinajstić information content (AvgIpc) is 2.02. The van der Waals surface area contributed by atoms with E-state index in [0.29, 0.717) is 0 Å². The largest absolute Gasteiger partial charge is 0.481 e. The molecule has 0 aromatic heterocycles. The van der Waals surface area contributed by atoms with Crippen molar-refractivity contribution in [2.75, 3.05) is 6.54 Å². The van der Waals surface area contributed by atoms with Crippen LogP contribution in [0.5, 0.6) is 0 Å². The standard InChI is InChI=1S/C11H21NO2/c1-10(2)7-8(5-6-12-10)11(3,4)9(13)14/h8,12H,5-7H2,1-4H3,(H,13,14). The molecule has 0 radical (unpaired) electrons. The molecule has 1 aliphatic heterocycles. The Kier molecular flexibility index (Phi) is 2.91. The molecule has 3 heteroatoms. The number of hydrogen-bond acceptors (Lipinski definition) is 2. The number of carbonyl (C=O) groups is 1. The molecule has 1 heterocycles. The summed E-state index contributed by atoms with van der Waals surface area (Å²) in [5.41, 5.74) is -0.519. The van der Waals surface area contributed by atoms with Gasteiger partial charge in [-0.25, -0.2) is 0 Å². The van der Waals surface area contributed by atoms with E-state index in [2.05, 4.69) is 19.2 Å². The van der Waals surface area contributed by atoms with Crippen LogP contribution in [0.2, 0.25) is 0 Å². The lowest BCUT2D eigenvalue weighted by molar-refractivity contribution is -0.151. The third-order valence-electron chi connectivity index (χ3n) is 3.42. The lowest BCUT2D eigenvalue weighted by Crippen LogP contribution is -2.50. The first kappa shape index (κ1) is 11.5. The Morgan fingerprint density at radius 2 is 2.07 bits per heavy atom. The van der Waals surface area contributed by atoms with Gasteiger partial charge >= 0.3 is 5.97 Å². The quantitative estimate of drug-likeness (QED) is 0.714. The van der Waals surface area contributed by atoms with Gasteiger partial charge in [0.15, 0.2) is 0 Å². The summed E-state index contributed by atoms with van der Waals surface area (Å²) in [5.74, 6) is -0.406. The molecule has 1 rings (SSSR count). The minimum Gasteiger partial charge on any atom is -0.481 e. The fourth-order valence-electron chi connectivity index (χ4n) is 2.17. The summed E-state index contributed by atoms with van der Waals surface area (Å²) < 4.78 is 0. The molecule has 1 atom stereocenters. The van der Waals surface area contributed by atoms with Crippen molar-refractivity contribution in [2.24, 2.45) is 11.3 Å². The fourth-order valence-corrected chi connectivity index (χ4v) is 2.17. The van der Waals surface area contributed by atoms with E-state index in [4.69, 9.17) is 5.11 Å². The third-order valence-corrected chi connectivity index (χ3v) is 3.42. The van der Waals surface area contributed by atoms with Crippen molar-refractivity contribution in [2.45, 2.75) is 46.1 Å². The maximum atomic E-state index is 11.1. The second-order valence-electron chi connectivity index (χ2n) is 5.53. The smallest absolute Gasteiger partial charge is 0.309 e. The number of carboxylic acids is 1. The maximum absolute atomic E-state index is 11.1. The molecule has 0 spiro atoms. The first-order valence-electron chi connectivity index (χ1n) is 5.24. The van der Waals surface area contributed by atoms with E-state index in [0.717, 1.165) is 19.4 Å². The van der Waals surface area contributed by atoms with Gasteiger partial charge in [0.1, 0.15) is 0 Å². The van der Waals surface area contributed by atoms with Crippen LogP contribution >= 0.6 is 0 Å². The number of nitrogens with one attached hydrogen (secondary N) is 1. The van der Waals surface area contributed by atoms with Gasteiger partial charge in [-0.2, -0.15) is 0 Å². The lowest BCUT2D eigenvalue weighted by atomic mass is 9.69. The summed E-state index contributed by atoms with van der Waals surface area (Å²) >= 11 is 0. The first-order chi connectivity index (χ1) is 6.26. The zero-order valence-electron chi connectivity index (χ0n) is 9.55. The van der Waals surface area contributed by atoms with Crippen molar-refractivity contribution in [1.82, 2.24) is 5.32 Å². The summed E-state index contributed by atoms with van der Waals surface area (Å²) in [5, 5.41) is 12.5. The Bertz CT molecular complexity index is 233. The van der Waals surface area contributed by atoms with E-state index >= 15 is 0 Å². The topological polar surface area (TPSA) is 49.3 Å². The van der Waals surface area contributed by atoms with Gasteiger partial charge in [0, 0.05) is 5.54 Å². The van der Waals surface area contributed by atoms with Crippen molar-refractivity contribution < 1.29 is 9.90 Å². The Morgan fingerprint density at radius 1 is 1.50 bits per heavy atom. The van der Waals surface area contributed by atoms with E-state index in [9.17, 15) is 4.79 Å². The molecule has 0 aliphatic carbocycles. The predicted octanol–water partition coefficient (Wildman–Crippen LogP) is 1.88. The molecule has 14 heavy (non-hydrogen) atoms. The van der Waals surface area contributed by atoms with E-state index in [1.165, 1.54) is 0 Å². The zero-order chi connectivity index (χ0) is 11.0. The highest BCUT2D eigenvalue weighted by Gasteiger charge is 2.41. The molecule has 0 amide bonds. The van der Waals surface area contributed by atoms with Crippen molar-refractivity contribution in [3.05, 3.63) is 0 Å². The van der Waals surface area contributed by atoms with Crippen LogP contribution < -0.4 is 5.32 Å². The van der Waals surface area contributed by atoms with Gasteiger partial charge in [0.25, 0.3) is 0 Å². The molecule has 1 saturated heterocycles. The van der Waals surface area contributed by atoms with Crippen LogP contribution in [0.4, 0.5) is 0 Å². The lowest BCUT2D eigenvalue weighted by Gasteiger charge is -2.42. The van der Waals surface area contributed by atoms with Crippen LogP contribution in [0.1, 0.15) is 40.5 Å². The molecular formula is C11H21NO2. The van der Waals surface area contributed by atoms with E-state index < -0.39 is 11.4 Å². The summed E-state index contributed by atoms with van der Waals surface area (Å²) in [6.07, 6.45) is 1.90. The van der Waals surface area contributed by atoms with Gasteiger partial charge in [-0.15, -0.1) is 0 Å². The highest BCUT2D eigenvalue weighted by atomic mass is 16.4. The van der Waals surface area contributed by atoms with Gasteiger partial charge in [-0.05, 0) is 53.0 Å². The molecule has 2 N–H and O–H groups in total. The first-order valence-corrected chi connectivity index (χ1v) is 5.24. The molecule has 1 unspecified atom stereocenters. The van der Waals surface area contributed by atoms with Gasteiger partial charge in [0.2, 0.25) is 0 Å². The van der Waals surface area contributed by atoms with E-state index in [-0.39, 0.29) is 11.5 Å². The van der Waals surface area contributed by atoms with Gasteiger partial charge < -0.3 is 10.4 Å². The fraction of sp³-hybridized carbons (Fsp3) is 0.909. The normalized spacial score (nSPS) is 27.3. The molecule has 0 bridgehead atoms. The summed E-state index contributed by atoms with van der Waals surface area (Å²) in [6, 6.07) is 0. The van der Waals surface area contributed by atoms with E-state index in [1.54, 1.807) is 0 Å². The molecule has 0 saturated carbocycles. The minimum atomic E-state index is -0.680. The van der Waals surface area contributed by atoms with Crippen molar-refractivity contribution >= 4 is 5.97 Å². The number of aliphatic carboxylic acids is 1. The summed E-state index contributed by atoms with van der Waals surface area (Å²) in [6.45, 7) is 8.87. The average molecular weight is 199 g/mol. The SMILES string of the molecule is CC1(C)CC(C(C)(C)C(=O)O)CCN1. The molecule has 0 aromatic carbocycles. The monoisotopic (exact) mass is 199 g/mol. The Hall–Kier alpha value is -0.570. The van der Waals surface area contributed by atoms with Crippen LogP contribution in [0.25, 0.3) is 0 Å². The number of rotatable bonds is 2. The van der Waals surface area contributed by atoms with Crippen LogP contribution in [0, 0.1) is 11.3 Å². The second kappa shape index (κ2) is 3.54. The molecular weight excluding hydrogens is 178 g/mol. The minimum absolute atomic E-state index is 0.0790. The maximum Gasteiger partial charge on any atom is 0.309 e. The number of piperidine rings is 1. The molecule has 1 fully saturated rings. The van der Waals surface area contributed by atoms with Gasteiger partial charge in [-0.3, -0.25) is 4.79 Å². The van der Waals surface area contributed by atoms with Crippen LogP contribution in [-0.4, -0.2) is 23.2 Å². The van der Waals surface area contributed by atoms with Gasteiger partial charge in [-0.1, -0.05) is 0 Å². The zero-order valence-corrected chi connectivity index (χ0v) is 9.55. The number of carboxylic acid groups (broad SMARTS) is 1. The molecule has 1 aliphatic rings. The van der Waals surface area contributed by atoms with Crippen LogP contribution in [-0.2, 0) is 4.79 Å². The van der Waals surface area contributed by atoms with Crippen molar-refractivity contribution in [1.29, 1.82) is 0 Å². The Labute approximate surface area is 85.9 Å². The Morgan fingerprint density at radius 3 is 2.50 bits per heavy atom.